The van der Waals surface area contributed by atoms with E-state index in [1.54, 1.807) is 16.8 Å². The third kappa shape index (κ3) is 4.17. The normalized spacial score (nSPS) is 14.4. The summed E-state index contributed by atoms with van der Waals surface area (Å²) in [7, 11) is 0. The first-order valence-electron chi connectivity index (χ1n) is 9.50. The van der Waals surface area contributed by atoms with Crippen molar-refractivity contribution in [2.24, 2.45) is 0 Å². The predicted octanol–water partition coefficient (Wildman–Crippen LogP) is 3.82. The van der Waals surface area contributed by atoms with Crippen LogP contribution < -0.4 is 10.2 Å². The summed E-state index contributed by atoms with van der Waals surface area (Å²) >= 11 is 5.96. The van der Waals surface area contributed by atoms with Crippen LogP contribution in [0.25, 0.3) is 11.3 Å². The Hall–Kier alpha value is -3.12. The van der Waals surface area contributed by atoms with Gasteiger partial charge in [0.1, 0.15) is 12.4 Å². The Morgan fingerprint density at radius 1 is 1.17 bits per heavy atom. The molecule has 6 nitrogen and oxygen atoms in total. The number of nitrogens with zero attached hydrogens (tertiary/aromatic N) is 3. The van der Waals surface area contributed by atoms with Crippen molar-refractivity contribution in [2.75, 3.05) is 11.4 Å². The molecule has 0 bridgehead atoms. The molecule has 1 N–H and O–H groups in total. The molecule has 0 saturated carbocycles. The number of carbonyl (C=O) groups excluding carboxylic acids is 2. The van der Waals surface area contributed by atoms with Crippen molar-refractivity contribution in [3.8, 4) is 11.3 Å². The SMILES string of the molecule is C[C@H](NC(=O)CN1C(=O)CCn2nc(-c3ccc(Cl)cc3)cc21)c1ccccc1. The largest absolute Gasteiger partial charge is 0.348 e. The Bertz CT molecular complexity index is 1030. The first-order valence-corrected chi connectivity index (χ1v) is 9.87. The number of carbonyl (C=O) groups is 2. The number of aryl methyl sites for hydroxylation is 1. The maximum absolute atomic E-state index is 12.6. The third-order valence-corrected chi connectivity index (χ3v) is 5.24. The lowest BCUT2D eigenvalue weighted by Crippen LogP contribution is -2.44. The highest BCUT2D eigenvalue weighted by molar-refractivity contribution is 6.30. The minimum Gasteiger partial charge on any atom is -0.348 e. The second-order valence-electron chi connectivity index (χ2n) is 7.05. The van der Waals surface area contributed by atoms with Gasteiger partial charge in [-0.05, 0) is 24.6 Å². The molecular weight excluding hydrogens is 388 g/mol. The van der Waals surface area contributed by atoms with Gasteiger partial charge < -0.3 is 5.32 Å². The van der Waals surface area contributed by atoms with Crippen LogP contribution in [0.4, 0.5) is 5.82 Å². The second kappa shape index (κ2) is 8.09. The standard InChI is InChI=1S/C22H21ClN4O2/c1-15(16-5-3-2-4-6-16)24-20(28)14-26-21-13-19(17-7-9-18(23)10-8-17)25-27(21)12-11-22(26)29/h2-10,13,15H,11-12,14H2,1H3,(H,24,28)/t15-/m0/s1. The molecule has 2 aromatic carbocycles. The van der Waals surface area contributed by atoms with Gasteiger partial charge in [0.2, 0.25) is 11.8 Å². The lowest BCUT2D eigenvalue weighted by Gasteiger charge is -2.27. The van der Waals surface area contributed by atoms with Crippen LogP contribution in [0.5, 0.6) is 0 Å². The number of hydrogen-bond acceptors (Lipinski definition) is 3. The van der Waals surface area contributed by atoms with Crippen LogP contribution >= 0.6 is 11.6 Å². The van der Waals surface area contributed by atoms with E-state index in [0.29, 0.717) is 23.8 Å². The molecule has 1 aliphatic heterocycles. The van der Waals surface area contributed by atoms with E-state index < -0.39 is 0 Å². The molecule has 3 aromatic rings. The van der Waals surface area contributed by atoms with Gasteiger partial charge in [-0.2, -0.15) is 5.10 Å². The van der Waals surface area contributed by atoms with Crippen LogP contribution in [-0.2, 0) is 16.1 Å². The zero-order valence-corrected chi connectivity index (χ0v) is 16.8. The molecule has 148 valence electrons. The molecule has 1 aromatic heterocycles. The van der Waals surface area contributed by atoms with E-state index >= 15 is 0 Å². The molecule has 7 heteroatoms. The summed E-state index contributed by atoms with van der Waals surface area (Å²) in [5.41, 5.74) is 2.67. The summed E-state index contributed by atoms with van der Waals surface area (Å²) in [5.74, 6) is 0.341. The van der Waals surface area contributed by atoms with Gasteiger partial charge in [-0.1, -0.05) is 54.1 Å². The van der Waals surface area contributed by atoms with Crippen LogP contribution in [-0.4, -0.2) is 28.1 Å². The number of hydrogen-bond donors (Lipinski definition) is 1. The van der Waals surface area contributed by atoms with E-state index in [1.807, 2.05) is 55.5 Å². The fourth-order valence-corrected chi connectivity index (χ4v) is 3.57. The summed E-state index contributed by atoms with van der Waals surface area (Å²) in [4.78, 5) is 26.6. The van der Waals surface area contributed by atoms with Crippen molar-refractivity contribution in [1.82, 2.24) is 15.1 Å². The van der Waals surface area contributed by atoms with Gasteiger partial charge in [-0.3, -0.25) is 14.5 Å². The number of halogens is 1. The maximum atomic E-state index is 12.6. The third-order valence-electron chi connectivity index (χ3n) is 4.99. The highest BCUT2D eigenvalue weighted by Gasteiger charge is 2.28. The van der Waals surface area contributed by atoms with Crippen molar-refractivity contribution in [1.29, 1.82) is 0 Å². The number of fused-ring (bicyclic) bond motifs is 1. The highest BCUT2D eigenvalue weighted by Crippen LogP contribution is 2.28. The lowest BCUT2D eigenvalue weighted by atomic mass is 10.1. The topological polar surface area (TPSA) is 67.2 Å². The monoisotopic (exact) mass is 408 g/mol. The number of amides is 2. The summed E-state index contributed by atoms with van der Waals surface area (Å²) in [6.07, 6.45) is 0.316. The van der Waals surface area contributed by atoms with E-state index in [2.05, 4.69) is 10.4 Å². The average Bonchev–Trinajstić information content (AvgIpc) is 3.16. The van der Waals surface area contributed by atoms with Crippen LogP contribution in [0.1, 0.15) is 24.9 Å². The quantitative estimate of drug-likeness (QED) is 0.697. The van der Waals surface area contributed by atoms with E-state index in [1.165, 1.54) is 4.90 Å². The Morgan fingerprint density at radius 3 is 2.62 bits per heavy atom. The van der Waals surface area contributed by atoms with E-state index in [9.17, 15) is 9.59 Å². The van der Waals surface area contributed by atoms with Crippen molar-refractivity contribution >= 4 is 29.2 Å². The van der Waals surface area contributed by atoms with E-state index in [0.717, 1.165) is 16.8 Å². The molecule has 4 rings (SSSR count). The molecule has 1 aliphatic rings. The minimum absolute atomic E-state index is 0.0399. The molecule has 0 radical (unpaired) electrons. The van der Waals surface area contributed by atoms with Crippen molar-refractivity contribution in [2.45, 2.75) is 25.9 Å². The number of anilines is 1. The number of rotatable bonds is 5. The molecule has 0 fully saturated rings. The smallest absolute Gasteiger partial charge is 0.240 e. The number of aromatic nitrogens is 2. The van der Waals surface area contributed by atoms with Crippen LogP contribution in [0, 0.1) is 0 Å². The van der Waals surface area contributed by atoms with Crippen molar-refractivity contribution in [3.05, 3.63) is 71.2 Å². The molecule has 0 spiro atoms. The molecular formula is C22H21ClN4O2. The number of benzene rings is 2. The molecule has 0 saturated heterocycles. The molecule has 0 aliphatic carbocycles. The lowest BCUT2D eigenvalue weighted by molar-refractivity contribution is -0.124. The summed E-state index contributed by atoms with van der Waals surface area (Å²) in [6, 6.07) is 18.8. The fourth-order valence-electron chi connectivity index (χ4n) is 3.44. The van der Waals surface area contributed by atoms with Crippen LogP contribution in [0.2, 0.25) is 5.02 Å². The Labute approximate surface area is 174 Å². The van der Waals surface area contributed by atoms with E-state index in [4.69, 9.17) is 11.6 Å². The van der Waals surface area contributed by atoms with Gasteiger partial charge in [0, 0.05) is 23.1 Å². The van der Waals surface area contributed by atoms with Gasteiger partial charge in [0.25, 0.3) is 0 Å². The van der Waals surface area contributed by atoms with Crippen LogP contribution in [0.3, 0.4) is 0 Å². The van der Waals surface area contributed by atoms with E-state index in [-0.39, 0.29) is 24.4 Å². The van der Waals surface area contributed by atoms with Crippen molar-refractivity contribution in [3.63, 3.8) is 0 Å². The van der Waals surface area contributed by atoms with Gasteiger partial charge in [0.05, 0.1) is 18.3 Å². The Morgan fingerprint density at radius 2 is 1.90 bits per heavy atom. The zero-order chi connectivity index (χ0) is 20.4. The van der Waals surface area contributed by atoms with Crippen LogP contribution in [0.15, 0.2) is 60.7 Å². The Kier molecular flexibility index (Phi) is 5.36. The number of nitrogens with one attached hydrogen (secondary N) is 1. The molecule has 29 heavy (non-hydrogen) atoms. The first-order chi connectivity index (χ1) is 14.0. The molecule has 2 amide bonds. The average molecular weight is 409 g/mol. The highest BCUT2D eigenvalue weighted by atomic mass is 35.5. The maximum Gasteiger partial charge on any atom is 0.240 e. The summed E-state index contributed by atoms with van der Waals surface area (Å²) < 4.78 is 1.78. The molecule has 0 unspecified atom stereocenters. The second-order valence-corrected chi connectivity index (χ2v) is 7.48. The van der Waals surface area contributed by atoms with Gasteiger partial charge in [-0.15, -0.1) is 0 Å². The first kappa shape index (κ1) is 19.2. The van der Waals surface area contributed by atoms with Gasteiger partial charge in [0.15, 0.2) is 0 Å². The zero-order valence-electron chi connectivity index (χ0n) is 16.0. The molecule has 2 heterocycles. The fraction of sp³-hybridized carbons (Fsp3) is 0.227. The van der Waals surface area contributed by atoms with Gasteiger partial charge >= 0.3 is 0 Å². The van der Waals surface area contributed by atoms with Crippen molar-refractivity contribution < 1.29 is 9.59 Å². The summed E-state index contributed by atoms with van der Waals surface area (Å²) in [6.45, 7) is 2.39. The Balaban J connectivity index is 1.52. The molecule has 1 atom stereocenters. The summed E-state index contributed by atoms with van der Waals surface area (Å²) in [5, 5.41) is 8.21. The minimum atomic E-state index is -0.211. The van der Waals surface area contributed by atoms with Gasteiger partial charge in [-0.25, -0.2) is 4.68 Å². The predicted molar refractivity (Wildman–Crippen MR) is 113 cm³/mol.